The van der Waals surface area contributed by atoms with E-state index in [9.17, 15) is 8.42 Å². The first-order chi connectivity index (χ1) is 14.0. The van der Waals surface area contributed by atoms with Gasteiger partial charge in [-0.1, -0.05) is 42.0 Å². The third-order valence-corrected chi connectivity index (χ3v) is 6.76. The standard InChI is InChI=1S/C23H23N3O2S/c1-16-9-10-23(17(2)12-16)29(27,28)26-15-20(18-6-5-11-24-13-18)21-14-25-22-8-4-3-7-19(21)22/h3-14,20,25-26H,15H2,1-2H3. The molecule has 0 fully saturated rings. The van der Waals surface area contributed by atoms with Gasteiger partial charge in [-0.2, -0.15) is 0 Å². The van der Waals surface area contributed by atoms with E-state index in [2.05, 4.69) is 14.7 Å². The number of aromatic nitrogens is 2. The Kier molecular flexibility index (Phi) is 5.22. The topological polar surface area (TPSA) is 74.8 Å². The molecule has 5 nitrogen and oxygen atoms in total. The summed E-state index contributed by atoms with van der Waals surface area (Å²) < 4.78 is 28.8. The van der Waals surface area contributed by atoms with Gasteiger partial charge < -0.3 is 4.98 Å². The molecule has 2 N–H and O–H groups in total. The molecular formula is C23H23N3O2S. The van der Waals surface area contributed by atoms with E-state index >= 15 is 0 Å². The van der Waals surface area contributed by atoms with Gasteiger partial charge in [0.1, 0.15) is 0 Å². The number of H-pyrrole nitrogens is 1. The Morgan fingerprint density at radius 1 is 1.07 bits per heavy atom. The molecule has 2 aromatic carbocycles. The molecular weight excluding hydrogens is 382 g/mol. The SMILES string of the molecule is Cc1ccc(S(=O)(=O)NCC(c2cccnc2)c2c[nH]c3ccccc23)c(C)c1. The first-order valence-corrected chi connectivity index (χ1v) is 11.0. The molecule has 0 amide bonds. The second-order valence-corrected chi connectivity index (χ2v) is 8.98. The zero-order valence-electron chi connectivity index (χ0n) is 16.4. The molecule has 2 heterocycles. The Labute approximate surface area is 170 Å². The molecule has 148 valence electrons. The van der Waals surface area contributed by atoms with Crippen molar-refractivity contribution >= 4 is 20.9 Å². The van der Waals surface area contributed by atoms with E-state index in [1.165, 1.54) is 0 Å². The fourth-order valence-corrected chi connectivity index (χ4v) is 5.01. The second-order valence-electron chi connectivity index (χ2n) is 7.25. The van der Waals surface area contributed by atoms with Gasteiger partial charge in [0.25, 0.3) is 0 Å². The Bertz CT molecular complexity index is 1250. The third-order valence-electron chi connectivity index (χ3n) is 5.18. The van der Waals surface area contributed by atoms with Crippen LogP contribution in [0.4, 0.5) is 0 Å². The van der Waals surface area contributed by atoms with Crippen molar-refractivity contribution in [3.63, 3.8) is 0 Å². The zero-order valence-corrected chi connectivity index (χ0v) is 17.2. The summed E-state index contributed by atoms with van der Waals surface area (Å²) in [5.74, 6) is -0.166. The van der Waals surface area contributed by atoms with Crippen LogP contribution in [0.3, 0.4) is 0 Å². The van der Waals surface area contributed by atoms with Crippen LogP contribution in [0.1, 0.15) is 28.2 Å². The Hall–Kier alpha value is -2.96. The van der Waals surface area contributed by atoms with Gasteiger partial charge in [-0.25, -0.2) is 13.1 Å². The Morgan fingerprint density at radius 2 is 1.90 bits per heavy atom. The van der Waals surface area contributed by atoms with Crippen molar-refractivity contribution in [3.8, 4) is 0 Å². The fourth-order valence-electron chi connectivity index (χ4n) is 3.74. The number of pyridine rings is 1. The van der Waals surface area contributed by atoms with Gasteiger partial charge >= 0.3 is 0 Å². The average molecular weight is 406 g/mol. The van der Waals surface area contributed by atoms with Gasteiger partial charge in [-0.15, -0.1) is 0 Å². The van der Waals surface area contributed by atoms with Gasteiger partial charge in [-0.05, 0) is 48.7 Å². The number of hydrogen-bond acceptors (Lipinski definition) is 3. The maximum Gasteiger partial charge on any atom is 0.240 e. The Balaban J connectivity index is 1.70. The molecule has 0 aliphatic carbocycles. The summed E-state index contributed by atoms with van der Waals surface area (Å²) in [4.78, 5) is 7.83. The minimum absolute atomic E-state index is 0.166. The molecule has 0 bridgehead atoms. The summed E-state index contributed by atoms with van der Waals surface area (Å²) in [5.41, 5.74) is 4.79. The largest absolute Gasteiger partial charge is 0.361 e. The fraction of sp³-hybridized carbons (Fsp3) is 0.174. The van der Waals surface area contributed by atoms with Crippen LogP contribution in [-0.4, -0.2) is 24.9 Å². The van der Waals surface area contributed by atoms with Gasteiger partial charge in [0.2, 0.25) is 10.0 Å². The summed E-state index contributed by atoms with van der Waals surface area (Å²) in [6.45, 7) is 4.01. The number of fused-ring (bicyclic) bond motifs is 1. The number of sulfonamides is 1. The average Bonchev–Trinajstić information content (AvgIpc) is 3.13. The number of rotatable bonds is 6. The molecule has 0 spiro atoms. The number of nitrogens with one attached hydrogen (secondary N) is 2. The van der Waals surface area contributed by atoms with Crippen LogP contribution < -0.4 is 4.72 Å². The van der Waals surface area contributed by atoms with Crippen LogP contribution in [-0.2, 0) is 10.0 Å². The predicted octanol–water partition coefficient (Wildman–Crippen LogP) is 4.29. The number of aromatic amines is 1. The number of nitrogens with zero attached hydrogens (tertiary/aromatic N) is 1. The van der Waals surface area contributed by atoms with Crippen molar-refractivity contribution in [2.45, 2.75) is 24.7 Å². The van der Waals surface area contributed by atoms with Gasteiger partial charge in [0.15, 0.2) is 0 Å². The summed E-state index contributed by atoms with van der Waals surface area (Å²) >= 11 is 0. The zero-order chi connectivity index (χ0) is 20.4. The molecule has 0 saturated heterocycles. The van der Waals surface area contributed by atoms with Gasteiger partial charge in [0, 0.05) is 42.0 Å². The highest BCUT2D eigenvalue weighted by Crippen LogP contribution is 2.30. The highest BCUT2D eigenvalue weighted by molar-refractivity contribution is 7.89. The molecule has 6 heteroatoms. The lowest BCUT2D eigenvalue weighted by molar-refractivity contribution is 0.577. The van der Waals surface area contributed by atoms with E-state index in [0.29, 0.717) is 4.90 Å². The first kappa shape index (κ1) is 19.4. The quantitative estimate of drug-likeness (QED) is 0.502. The maximum absolute atomic E-state index is 13.0. The lowest BCUT2D eigenvalue weighted by Crippen LogP contribution is -2.29. The van der Waals surface area contributed by atoms with E-state index in [4.69, 9.17) is 0 Å². The summed E-state index contributed by atoms with van der Waals surface area (Å²) in [7, 11) is -3.64. The molecule has 29 heavy (non-hydrogen) atoms. The van der Waals surface area contributed by atoms with Gasteiger partial charge in [-0.3, -0.25) is 4.98 Å². The summed E-state index contributed by atoms with van der Waals surface area (Å²) in [5, 5.41) is 1.08. The van der Waals surface area contributed by atoms with Crippen LogP contribution >= 0.6 is 0 Å². The second kappa shape index (κ2) is 7.81. The lowest BCUT2D eigenvalue weighted by atomic mass is 9.92. The molecule has 0 aliphatic heterocycles. The van der Waals surface area contributed by atoms with E-state index < -0.39 is 10.0 Å². The van der Waals surface area contributed by atoms with E-state index in [1.807, 2.05) is 68.6 Å². The normalized spacial score (nSPS) is 12.9. The van der Waals surface area contributed by atoms with Crippen LogP contribution in [0.25, 0.3) is 10.9 Å². The number of aryl methyl sites for hydroxylation is 2. The summed E-state index contributed by atoms with van der Waals surface area (Å²) in [6.07, 6.45) is 5.46. The summed E-state index contributed by atoms with van der Waals surface area (Å²) in [6, 6.07) is 17.2. The van der Waals surface area contributed by atoms with E-state index in [0.717, 1.165) is 33.2 Å². The van der Waals surface area contributed by atoms with Crippen molar-refractivity contribution in [1.82, 2.24) is 14.7 Å². The molecule has 4 rings (SSSR count). The van der Waals surface area contributed by atoms with Crippen LogP contribution in [0.15, 0.2) is 78.1 Å². The Morgan fingerprint density at radius 3 is 2.66 bits per heavy atom. The van der Waals surface area contributed by atoms with Crippen LogP contribution in [0, 0.1) is 13.8 Å². The molecule has 2 aromatic heterocycles. The third kappa shape index (κ3) is 3.95. The smallest absolute Gasteiger partial charge is 0.240 e. The first-order valence-electron chi connectivity index (χ1n) is 9.48. The predicted molar refractivity (Wildman–Crippen MR) is 115 cm³/mol. The molecule has 4 aromatic rings. The van der Waals surface area contributed by atoms with Gasteiger partial charge in [0.05, 0.1) is 4.90 Å². The minimum Gasteiger partial charge on any atom is -0.361 e. The van der Waals surface area contributed by atoms with Crippen molar-refractivity contribution in [2.75, 3.05) is 6.54 Å². The maximum atomic E-state index is 13.0. The van der Waals surface area contributed by atoms with Crippen molar-refractivity contribution < 1.29 is 8.42 Å². The minimum atomic E-state index is -3.64. The monoisotopic (exact) mass is 405 g/mol. The highest BCUT2D eigenvalue weighted by Gasteiger charge is 2.23. The van der Waals surface area contributed by atoms with Crippen LogP contribution in [0.2, 0.25) is 0 Å². The number of hydrogen-bond donors (Lipinski definition) is 2. The highest BCUT2D eigenvalue weighted by atomic mass is 32.2. The lowest BCUT2D eigenvalue weighted by Gasteiger charge is -2.18. The van der Waals surface area contributed by atoms with Crippen LogP contribution in [0.5, 0.6) is 0 Å². The van der Waals surface area contributed by atoms with E-state index in [1.54, 1.807) is 18.5 Å². The van der Waals surface area contributed by atoms with Crippen molar-refractivity contribution in [2.24, 2.45) is 0 Å². The molecule has 1 atom stereocenters. The van der Waals surface area contributed by atoms with Crippen molar-refractivity contribution in [3.05, 3.63) is 95.4 Å². The molecule has 0 aliphatic rings. The molecule has 0 saturated carbocycles. The van der Waals surface area contributed by atoms with E-state index in [-0.39, 0.29) is 12.5 Å². The van der Waals surface area contributed by atoms with Crippen molar-refractivity contribution in [1.29, 1.82) is 0 Å². The number of para-hydroxylation sites is 1. The molecule has 0 radical (unpaired) electrons. The number of benzene rings is 2. The molecule has 1 unspecified atom stereocenters.